The van der Waals surface area contributed by atoms with Gasteiger partial charge in [0.1, 0.15) is 12.2 Å². The molecule has 1 aliphatic carbocycles. The molecule has 4 atom stereocenters. The average molecular weight is 533 g/mol. The van der Waals surface area contributed by atoms with Crippen molar-refractivity contribution in [2.45, 2.75) is 71.0 Å². The molecule has 10 nitrogen and oxygen atoms in total. The topological polar surface area (TPSA) is 138 Å². The first-order valence-corrected chi connectivity index (χ1v) is 13.0. The van der Waals surface area contributed by atoms with Gasteiger partial charge in [-0.1, -0.05) is 5.57 Å². The largest absolute Gasteiger partial charge is 0.493 e. The lowest BCUT2D eigenvalue weighted by molar-refractivity contribution is -0.132. The van der Waals surface area contributed by atoms with Crippen LogP contribution >= 0.6 is 0 Å². The summed E-state index contributed by atoms with van der Waals surface area (Å²) in [5.74, 6) is -0.636. The molecule has 0 bridgehead atoms. The Bertz CT molecular complexity index is 1060. The predicted octanol–water partition coefficient (Wildman–Crippen LogP) is 1.42. The molecule has 10 heteroatoms. The summed E-state index contributed by atoms with van der Waals surface area (Å²) < 4.78 is 17.4. The van der Waals surface area contributed by atoms with Gasteiger partial charge in [-0.2, -0.15) is 0 Å². The van der Waals surface area contributed by atoms with Crippen molar-refractivity contribution in [1.82, 2.24) is 10.2 Å². The number of benzene rings is 1. The summed E-state index contributed by atoms with van der Waals surface area (Å²) in [7, 11) is 1.48. The van der Waals surface area contributed by atoms with Gasteiger partial charge >= 0.3 is 0 Å². The van der Waals surface area contributed by atoms with Crippen LogP contribution in [0.1, 0.15) is 51.2 Å². The molecule has 0 saturated carbocycles. The molecule has 0 saturated heterocycles. The highest BCUT2D eigenvalue weighted by molar-refractivity contribution is 5.96. The number of amides is 2. The highest BCUT2D eigenvalue weighted by atomic mass is 16.5. The number of rotatable bonds is 12. The van der Waals surface area contributed by atoms with E-state index in [9.17, 15) is 24.9 Å². The first-order chi connectivity index (χ1) is 18.1. The van der Waals surface area contributed by atoms with E-state index in [0.29, 0.717) is 47.8 Å². The number of fused-ring (bicyclic) bond motifs is 3. The third-order valence-corrected chi connectivity index (χ3v) is 6.54. The molecule has 1 aliphatic heterocycles. The Morgan fingerprint density at radius 2 is 1.97 bits per heavy atom. The van der Waals surface area contributed by atoms with E-state index in [0.717, 1.165) is 5.57 Å². The first-order valence-electron chi connectivity index (χ1n) is 13.0. The number of allylic oxidation sites excluding steroid dienone is 1. The fourth-order valence-electron chi connectivity index (χ4n) is 4.91. The number of carbonyl (C=O) groups excluding carboxylic acids is 2. The van der Waals surface area contributed by atoms with Crippen molar-refractivity contribution in [3.63, 3.8) is 0 Å². The molecule has 1 aromatic rings. The van der Waals surface area contributed by atoms with Crippen LogP contribution in [-0.2, 0) is 20.9 Å². The summed E-state index contributed by atoms with van der Waals surface area (Å²) in [5, 5.41) is 33.4. The Morgan fingerprint density at radius 3 is 2.58 bits per heavy atom. The Labute approximate surface area is 223 Å². The van der Waals surface area contributed by atoms with E-state index >= 15 is 0 Å². The zero-order valence-electron chi connectivity index (χ0n) is 22.8. The maximum absolute atomic E-state index is 13.3. The number of hydrogen-bond acceptors (Lipinski definition) is 8. The molecule has 2 aliphatic rings. The van der Waals surface area contributed by atoms with Gasteiger partial charge < -0.3 is 39.7 Å². The van der Waals surface area contributed by atoms with Gasteiger partial charge in [0.25, 0.3) is 0 Å². The second-order valence-corrected chi connectivity index (χ2v) is 10.0. The fourth-order valence-corrected chi connectivity index (χ4v) is 4.91. The summed E-state index contributed by atoms with van der Waals surface area (Å²) in [6, 6.07) is 2.53. The zero-order chi connectivity index (χ0) is 28.0. The first kappa shape index (κ1) is 29.6. The molecule has 0 fully saturated rings. The molecule has 0 spiro atoms. The molecule has 1 heterocycles. The number of nitrogens with one attached hydrogen (secondary N) is 1. The van der Waals surface area contributed by atoms with Gasteiger partial charge in [0, 0.05) is 36.9 Å². The van der Waals surface area contributed by atoms with E-state index in [2.05, 4.69) is 5.32 Å². The zero-order valence-corrected chi connectivity index (χ0v) is 22.8. The monoisotopic (exact) mass is 532 g/mol. The number of methoxy groups -OCH3 is 1. The number of ether oxygens (including phenoxy) is 3. The van der Waals surface area contributed by atoms with Crippen molar-refractivity contribution < 1.29 is 39.1 Å². The van der Waals surface area contributed by atoms with Crippen molar-refractivity contribution >= 4 is 11.8 Å². The predicted molar refractivity (Wildman–Crippen MR) is 141 cm³/mol. The van der Waals surface area contributed by atoms with Crippen molar-refractivity contribution in [3.05, 3.63) is 46.6 Å². The Hall–Kier alpha value is -2.92. The van der Waals surface area contributed by atoms with Crippen LogP contribution in [0.2, 0.25) is 0 Å². The summed E-state index contributed by atoms with van der Waals surface area (Å²) in [6.07, 6.45) is 1.66. The number of carbonyl (C=O) groups is 2. The third-order valence-electron chi connectivity index (χ3n) is 6.54. The van der Waals surface area contributed by atoms with E-state index < -0.39 is 30.1 Å². The molecule has 210 valence electrons. The van der Waals surface area contributed by atoms with E-state index in [1.54, 1.807) is 23.1 Å². The molecule has 1 aromatic carbocycles. The van der Waals surface area contributed by atoms with Crippen LogP contribution in [0.3, 0.4) is 0 Å². The molecular weight excluding hydrogens is 492 g/mol. The van der Waals surface area contributed by atoms with Crippen LogP contribution < -0.4 is 14.8 Å². The van der Waals surface area contributed by atoms with Gasteiger partial charge in [0.05, 0.1) is 38.4 Å². The number of hydrogen-bond donors (Lipinski definition) is 4. The normalized spacial score (nSPS) is 21.7. The summed E-state index contributed by atoms with van der Waals surface area (Å²) in [5.41, 5.74) is 2.29. The van der Waals surface area contributed by atoms with Gasteiger partial charge in [0.2, 0.25) is 11.8 Å². The number of aliphatic hydroxyl groups is 3. The van der Waals surface area contributed by atoms with Gasteiger partial charge in [-0.25, -0.2) is 0 Å². The highest BCUT2D eigenvalue weighted by Crippen LogP contribution is 2.51. The quantitative estimate of drug-likeness (QED) is 0.234. The molecule has 38 heavy (non-hydrogen) atoms. The molecule has 0 radical (unpaired) electrons. The van der Waals surface area contributed by atoms with E-state index in [1.165, 1.54) is 13.2 Å². The Morgan fingerprint density at radius 1 is 1.24 bits per heavy atom. The standard InChI is InChI=1S/C28H40N2O8/c1-16(2)11-23(33)30(8-6-10-37-17(3)4)21-14-20(28(35)29-7-9-31)24-19-12-18(15-32)13-22(36-5)26(19)38-27(24)25(21)34/h11-14,17,21,24-25,27,31-32,34H,6-10,15H2,1-5H3,(H,29,35)/t21-,24+,25+,27+/m1/s1. The van der Waals surface area contributed by atoms with Crippen molar-refractivity contribution in [2.75, 3.05) is 33.4 Å². The fraction of sp³-hybridized carbons (Fsp3) is 0.571. The lowest BCUT2D eigenvalue weighted by Crippen LogP contribution is -2.55. The lowest BCUT2D eigenvalue weighted by atomic mass is 9.77. The smallest absolute Gasteiger partial charge is 0.247 e. The number of nitrogens with zero attached hydrogens (tertiary/aromatic N) is 1. The minimum absolute atomic E-state index is 0.0431. The van der Waals surface area contributed by atoms with Gasteiger partial charge in [-0.05, 0) is 57.9 Å². The second kappa shape index (κ2) is 13.2. The van der Waals surface area contributed by atoms with Gasteiger partial charge in [-0.15, -0.1) is 0 Å². The average Bonchev–Trinajstić information content (AvgIpc) is 3.26. The maximum atomic E-state index is 13.3. The van der Waals surface area contributed by atoms with Crippen LogP contribution in [0.25, 0.3) is 0 Å². The minimum atomic E-state index is -1.16. The van der Waals surface area contributed by atoms with Crippen LogP contribution in [0.4, 0.5) is 0 Å². The van der Waals surface area contributed by atoms with Crippen LogP contribution in [-0.4, -0.2) is 89.8 Å². The third kappa shape index (κ3) is 6.55. The van der Waals surface area contributed by atoms with E-state index in [-0.39, 0.29) is 31.8 Å². The SMILES string of the molecule is COc1cc(CO)cc2c1O[C@@H]1[C@@H](O)[C@H](N(CCCOC(C)C)C(=O)C=C(C)C)C=C(C(=O)NCCO)[C@H]21. The maximum Gasteiger partial charge on any atom is 0.247 e. The Kier molecular flexibility index (Phi) is 10.3. The van der Waals surface area contributed by atoms with E-state index in [1.807, 2.05) is 27.7 Å². The van der Waals surface area contributed by atoms with Crippen molar-refractivity contribution in [3.8, 4) is 11.5 Å². The summed E-state index contributed by atoms with van der Waals surface area (Å²) in [6.45, 7) is 7.78. The van der Waals surface area contributed by atoms with Crippen LogP contribution in [0, 0.1) is 0 Å². The van der Waals surface area contributed by atoms with Gasteiger partial charge in [0.15, 0.2) is 11.5 Å². The summed E-state index contributed by atoms with van der Waals surface area (Å²) >= 11 is 0. The van der Waals surface area contributed by atoms with Crippen LogP contribution in [0.5, 0.6) is 11.5 Å². The lowest BCUT2D eigenvalue weighted by Gasteiger charge is -2.40. The molecule has 4 N–H and O–H groups in total. The highest BCUT2D eigenvalue weighted by Gasteiger charge is 2.51. The van der Waals surface area contributed by atoms with Crippen molar-refractivity contribution in [1.29, 1.82) is 0 Å². The molecule has 2 amide bonds. The Balaban J connectivity index is 2.07. The number of aliphatic hydroxyl groups excluding tert-OH is 3. The molecular formula is C28H40N2O8. The van der Waals surface area contributed by atoms with E-state index in [4.69, 9.17) is 14.2 Å². The molecule has 0 aromatic heterocycles. The van der Waals surface area contributed by atoms with Gasteiger partial charge in [-0.3, -0.25) is 9.59 Å². The van der Waals surface area contributed by atoms with Crippen LogP contribution in [0.15, 0.2) is 35.4 Å². The molecule has 0 unspecified atom stereocenters. The minimum Gasteiger partial charge on any atom is -0.493 e. The van der Waals surface area contributed by atoms with Crippen molar-refractivity contribution in [2.24, 2.45) is 0 Å². The summed E-state index contributed by atoms with van der Waals surface area (Å²) in [4.78, 5) is 28.2. The second-order valence-electron chi connectivity index (χ2n) is 10.0. The molecule has 3 rings (SSSR count).